The number of hydrogen-bond donors (Lipinski definition) is 3. The van der Waals surface area contributed by atoms with Crippen LogP contribution in [-0.4, -0.2) is 30.9 Å². The molecule has 0 spiro atoms. The van der Waals surface area contributed by atoms with Crippen LogP contribution in [0.3, 0.4) is 0 Å². The number of benzene rings is 2. The van der Waals surface area contributed by atoms with Crippen molar-refractivity contribution in [3.05, 3.63) is 111 Å². The summed E-state index contributed by atoms with van der Waals surface area (Å²) in [6, 6.07) is 16.5. The molecule has 0 atom stereocenters. The Bertz CT molecular complexity index is 1560. The molecule has 4 aromatic rings. The van der Waals surface area contributed by atoms with E-state index in [2.05, 4.69) is 48.1 Å². The first-order valence-corrected chi connectivity index (χ1v) is 15.3. The lowest BCUT2D eigenvalue weighted by Crippen LogP contribution is -2.30. The zero-order valence-corrected chi connectivity index (χ0v) is 24.6. The van der Waals surface area contributed by atoms with Crippen LogP contribution >= 0.6 is 22.6 Å². The summed E-state index contributed by atoms with van der Waals surface area (Å²) >= 11 is 2.23. The molecule has 1 aliphatic carbocycles. The first-order chi connectivity index (χ1) is 19.3. The molecule has 0 radical (unpaired) electrons. The summed E-state index contributed by atoms with van der Waals surface area (Å²) in [5, 5.41) is 3.26. The average molecular weight is 670 g/mol. The van der Waals surface area contributed by atoms with Crippen molar-refractivity contribution >= 4 is 49.9 Å². The minimum Gasteiger partial charge on any atom is -0.355 e. The van der Waals surface area contributed by atoms with Crippen LogP contribution in [-0.2, 0) is 14.9 Å². The van der Waals surface area contributed by atoms with Gasteiger partial charge in [-0.15, -0.1) is 0 Å². The molecule has 11 heteroatoms. The summed E-state index contributed by atoms with van der Waals surface area (Å²) in [6.45, 7) is 2.39. The van der Waals surface area contributed by atoms with E-state index < -0.39 is 22.0 Å². The number of aromatic nitrogens is 2. The highest BCUT2D eigenvalue weighted by atomic mass is 127. The fourth-order valence-corrected chi connectivity index (χ4v) is 6.00. The van der Waals surface area contributed by atoms with Crippen molar-refractivity contribution in [2.24, 2.45) is 5.92 Å². The summed E-state index contributed by atoms with van der Waals surface area (Å²) in [6.07, 6.45) is 8.66. The topological polar surface area (TPSA) is 122 Å². The van der Waals surface area contributed by atoms with Crippen molar-refractivity contribution in [3.63, 3.8) is 0 Å². The summed E-state index contributed by atoms with van der Waals surface area (Å²) in [5.41, 5.74) is 6.10. The molecule has 2 aromatic carbocycles. The quantitative estimate of drug-likeness (QED) is 0.147. The van der Waals surface area contributed by atoms with Crippen molar-refractivity contribution < 1.29 is 18.0 Å². The standard InChI is InChI=1S/C29H28IN5O4S/c1-19-14-23(30)8-11-26(19)33-27-15-24(9-10-25(27)29(36)34-39-18-20-6-7-20)40(37,38)35-28(21-4-2-12-31-16-21)22-5-3-13-32-17-22/h2-5,8-17,20,28,33,35H,6-7,18H2,1H3,(H,34,36). The number of pyridine rings is 2. The van der Waals surface area contributed by atoms with Crippen molar-refractivity contribution in [1.82, 2.24) is 20.2 Å². The summed E-state index contributed by atoms with van der Waals surface area (Å²) in [7, 11) is -4.06. The van der Waals surface area contributed by atoms with Crippen LogP contribution in [0.15, 0.2) is 90.3 Å². The van der Waals surface area contributed by atoms with Crippen LogP contribution in [0.1, 0.15) is 45.9 Å². The Morgan fingerprint density at radius 2 is 1.70 bits per heavy atom. The van der Waals surface area contributed by atoms with Crippen molar-refractivity contribution in [2.45, 2.75) is 30.7 Å². The zero-order chi connectivity index (χ0) is 28.1. The van der Waals surface area contributed by atoms with E-state index in [1.54, 1.807) is 49.1 Å². The van der Waals surface area contributed by atoms with Crippen LogP contribution < -0.4 is 15.5 Å². The number of aryl methyl sites for hydroxylation is 1. The summed E-state index contributed by atoms with van der Waals surface area (Å²) in [4.78, 5) is 26.8. The van der Waals surface area contributed by atoms with Gasteiger partial charge in [-0.25, -0.2) is 13.9 Å². The molecular weight excluding hydrogens is 641 g/mol. The van der Waals surface area contributed by atoms with Crippen LogP contribution in [0.25, 0.3) is 0 Å². The molecular formula is C29H28IN5O4S. The van der Waals surface area contributed by atoms with Crippen LogP contribution in [0.5, 0.6) is 0 Å². The van der Waals surface area contributed by atoms with Gasteiger partial charge in [-0.3, -0.25) is 19.6 Å². The van der Waals surface area contributed by atoms with Crippen molar-refractivity contribution in [3.8, 4) is 0 Å². The smallest absolute Gasteiger partial charge is 0.276 e. The third kappa shape index (κ3) is 7.02. The van der Waals surface area contributed by atoms with Gasteiger partial charge in [0.05, 0.1) is 28.8 Å². The lowest BCUT2D eigenvalue weighted by Gasteiger charge is -2.20. The van der Waals surface area contributed by atoms with E-state index >= 15 is 0 Å². The lowest BCUT2D eigenvalue weighted by molar-refractivity contribution is 0.0271. The molecule has 40 heavy (non-hydrogen) atoms. The maximum atomic E-state index is 13.7. The van der Waals surface area contributed by atoms with E-state index in [9.17, 15) is 13.2 Å². The monoisotopic (exact) mass is 669 g/mol. The van der Waals surface area contributed by atoms with Gasteiger partial charge >= 0.3 is 0 Å². The number of sulfonamides is 1. The molecule has 2 heterocycles. The van der Waals surface area contributed by atoms with Crippen LogP contribution in [0.2, 0.25) is 0 Å². The molecule has 9 nitrogen and oxygen atoms in total. The Balaban J connectivity index is 1.48. The third-order valence-electron chi connectivity index (χ3n) is 6.49. The molecule has 2 aromatic heterocycles. The second-order valence-electron chi connectivity index (χ2n) is 9.60. The van der Waals surface area contributed by atoms with Crippen molar-refractivity contribution in [2.75, 3.05) is 11.9 Å². The van der Waals surface area contributed by atoms with Gasteiger partial charge in [-0.05, 0) is 113 Å². The van der Waals surface area contributed by atoms with E-state index in [4.69, 9.17) is 4.84 Å². The predicted octanol–water partition coefficient (Wildman–Crippen LogP) is 5.27. The highest BCUT2D eigenvalue weighted by molar-refractivity contribution is 14.1. The Kier molecular flexibility index (Phi) is 8.74. The second kappa shape index (κ2) is 12.4. The number of hydroxylamine groups is 1. The van der Waals surface area contributed by atoms with Crippen LogP contribution in [0, 0.1) is 16.4 Å². The summed E-state index contributed by atoms with van der Waals surface area (Å²) < 4.78 is 31.3. The highest BCUT2D eigenvalue weighted by Crippen LogP contribution is 2.30. The molecule has 0 aliphatic heterocycles. The fourth-order valence-electron chi connectivity index (χ4n) is 4.11. The van der Waals surface area contributed by atoms with Gasteiger partial charge in [0.2, 0.25) is 10.0 Å². The minimum absolute atomic E-state index is 0.00797. The molecule has 5 rings (SSSR count). The number of nitrogens with one attached hydrogen (secondary N) is 3. The molecule has 1 fully saturated rings. The van der Waals surface area contributed by atoms with E-state index in [1.807, 2.05) is 25.1 Å². The van der Waals surface area contributed by atoms with Gasteiger partial charge in [0.15, 0.2) is 0 Å². The normalized spacial score (nSPS) is 13.3. The molecule has 0 unspecified atom stereocenters. The maximum Gasteiger partial charge on any atom is 0.276 e. The van der Waals surface area contributed by atoms with Gasteiger partial charge in [0.1, 0.15) is 0 Å². The zero-order valence-electron chi connectivity index (χ0n) is 21.7. The molecule has 0 bridgehead atoms. The Morgan fingerprint density at radius 3 is 2.30 bits per heavy atom. The molecule has 206 valence electrons. The van der Waals surface area contributed by atoms with E-state index in [1.165, 1.54) is 18.2 Å². The number of nitrogens with zero attached hydrogens (tertiary/aromatic N) is 2. The maximum absolute atomic E-state index is 13.7. The average Bonchev–Trinajstić information content (AvgIpc) is 3.78. The molecule has 1 saturated carbocycles. The first-order valence-electron chi connectivity index (χ1n) is 12.7. The lowest BCUT2D eigenvalue weighted by atomic mass is 10.0. The SMILES string of the molecule is Cc1cc(I)ccc1Nc1cc(S(=O)(=O)NC(c2cccnc2)c2cccnc2)ccc1C(=O)NOCC1CC1. The Morgan fingerprint density at radius 1 is 1.00 bits per heavy atom. The summed E-state index contributed by atoms with van der Waals surface area (Å²) in [5.74, 6) is 0.00493. The molecule has 0 saturated heterocycles. The van der Waals surface area contributed by atoms with E-state index in [0.29, 0.717) is 29.3 Å². The highest BCUT2D eigenvalue weighted by Gasteiger charge is 2.26. The molecule has 3 N–H and O–H groups in total. The van der Waals surface area contributed by atoms with Crippen LogP contribution in [0.4, 0.5) is 11.4 Å². The van der Waals surface area contributed by atoms with Gasteiger partial charge in [0.25, 0.3) is 5.91 Å². The number of carbonyl (C=O) groups excluding carboxylic acids is 1. The Labute approximate surface area is 246 Å². The largest absolute Gasteiger partial charge is 0.355 e. The fraction of sp³-hybridized carbons (Fsp3) is 0.207. The van der Waals surface area contributed by atoms with Gasteiger partial charge < -0.3 is 5.32 Å². The second-order valence-corrected chi connectivity index (χ2v) is 12.6. The number of hydrogen-bond acceptors (Lipinski definition) is 7. The number of amides is 1. The third-order valence-corrected chi connectivity index (χ3v) is 8.58. The van der Waals surface area contributed by atoms with E-state index in [0.717, 1.165) is 27.7 Å². The number of anilines is 2. The van der Waals surface area contributed by atoms with Gasteiger partial charge in [0, 0.05) is 34.0 Å². The van der Waals surface area contributed by atoms with Gasteiger partial charge in [-0.1, -0.05) is 12.1 Å². The van der Waals surface area contributed by atoms with E-state index in [-0.39, 0.29) is 10.5 Å². The number of rotatable bonds is 11. The first kappa shape index (κ1) is 28.1. The molecule has 1 aliphatic rings. The van der Waals surface area contributed by atoms with Crippen molar-refractivity contribution in [1.29, 1.82) is 0 Å². The predicted molar refractivity (Wildman–Crippen MR) is 160 cm³/mol. The number of halogens is 1. The minimum atomic E-state index is -4.06. The molecule has 1 amide bonds. The van der Waals surface area contributed by atoms with Gasteiger partial charge in [-0.2, -0.15) is 4.72 Å². The number of carbonyl (C=O) groups is 1. The Hall–Kier alpha value is -3.39.